The number of nitrogens with zero attached hydrogens (tertiary/aromatic N) is 2. The van der Waals surface area contributed by atoms with E-state index in [1.54, 1.807) is 11.3 Å². The first-order chi connectivity index (χ1) is 12.6. The van der Waals surface area contributed by atoms with Crippen LogP contribution in [0.3, 0.4) is 0 Å². The zero-order chi connectivity index (χ0) is 18.4. The van der Waals surface area contributed by atoms with Gasteiger partial charge in [-0.05, 0) is 43.8 Å². The molecule has 1 aromatic rings. The average Bonchev–Trinajstić information content (AvgIpc) is 3.06. The van der Waals surface area contributed by atoms with Crippen molar-refractivity contribution in [2.75, 3.05) is 46.4 Å². The minimum atomic E-state index is 0.139. The Balaban J connectivity index is 1.51. The second-order valence-corrected chi connectivity index (χ2v) is 8.86. The third kappa shape index (κ3) is 5.06. The molecule has 26 heavy (non-hydrogen) atoms. The van der Waals surface area contributed by atoms with E-state index >= 15 is 0 Å². The Morgan fingerprint density at radius 3 is 2.69 bits per heavy atom. The highest BCUT2D eigenvalue weighted by atomic mass is 32.1. The fraction of sp³-hybridized carbons (Fsp3) is 0.750. The fourth-order valence-electron chi connectivity index (χ4n) is 4.28. The number of nitrogens with one attached hydrogen (secondary N) is 1. The Labute approximate surface area is 161 Å². The molecule has 1 aliphatic heterocycles. The SMILES string of the molecule is Cc1ccsc1CN(C)CC(=O)NCC1(N2CCOCC2)CCCCC1. The molecule has 2 aliphatic rings. The number of amides is 1. The van der Waals surface area contributed by atoms with Gasteiger partial charge < -0.3 is 10.1 Å². The molecule has 146 valence electrons. The minimum Gasteiger partial charge on any atom is -0.379 e. The Hall–Kier alpha value is -0.950. The van der Waals surface area contributed by atoms with Crippen LogP contribution in [0, 0.1) is 6.92 Å². The van der Waals surface area contributed by atoms with Crippen molar-refractivity contribution < 1.29 is 9.53 Å². The van der Waals surface area contributed by atoms with Crippen LogP contribution in [-0.2, 0) is 16.1 Å². The molecule has 0 aromatic carbocycles. The number of carbonyl (C=O) groups excluding carboxylic acids is 1. The van der Waals surface area contributed by atoms with E-state index in [9.17, 15) is 4.79 Å². The smallest absolute Gasteiger partial charge is 0.234 e. The normalized spacial score (nSPS) is 21.0. The van der Waals surface area contributed by atoms with Gasteiger partial charge in [-0.25, -0.2) is 0 Å². The summed E-state index contributed by atoms with van der Waals surface area (Å²) in [5.41, 5.74) is 1.45. The highest BCUT2D eigenvalue weighted by Gasteiger charge is 2.38. The lowest BCUT2D eigenvalue weighted by molar-refractivity contribution is -0.123. The number of hydrogen-bond donors (Lipinski definition) is 1. The molecule has 1 saturated carbocycles. The first-order valence-electron chi connectivity index (χ1n) is 9.90. The van der Waals surface area contributed by atoms with Crippen molar-refractivity contribution >= 4 is 17.2 Å². The summed E-state index contributed by atoms with van der Waals surface area (Å²) in [6, 6.07) is 2.14. The topological polar surface area (TPSA) is 44.8 Å². The highest BCUT2D eigenvalue weighted by molar-refractivity contribution is 7.10. The molecule has 0 spiro atoms. The van der Waals surface area contributed by atoms with Gasteiger partial charge in [0.25, 0.3) is 0 Å². The second kappa shape index (κ2) is 9.31. The van der Waals surface area contributed by atoms with Crippen LogP contribution < -0.4 is 5.32 Å². The number of hydrogen-bond acceptors (Lipinski definition) is 5. The van der Waals surface area contributed by atoms with Crippen LogP contribution in [0.15, 0.2) is 11.4 Å². The van der Waals surface area contributed by atoms with E-state index in [1.807, 2.05) is 7.05 Å². The van der Waals surface area contributed by atoms with Gasteiger partial charge in [-0.15, -0.1) is 11.3 Å². The molecule has 0 atom stereocenters. The molecule has 1 amide bonds. The predicted octanol–water partition coefficient (Wildman–Crippen LogP) is 2.64. The van der Waals surface area contributed by atoms with Crippen LogP contribution in [0.4, 0.5) is 0 Å². The number of thiophene rings is 1. The van der Waals surface area contributed by atoms with Crippen LogP contribution in [-0.4, -0.2) is 67.7 Å². The summed E-state index contributed by atoms with van der Waals surface area (Å²) in [5, 5.41) is 5.37. The van der Waals surface area contributed by atoms with Crippen molar-refractivity contribution in [2.24, 2.45) is 0 Å². The molecule has 1 aliphatic carbocycles. The van der Waals surface area contributed by atoms with Gasteiger partial charge in [0.2, 0.25) is 5.91 Å². The summed E-state index contributed by atoms with van der Waals surface area (Å²) in [7, 11) is 2.02. The Morgan fingerprint density at radius 2 is 2.04 bits per heavy atom. The van der Waals surface area contributed by atoms with Gasteiger partial charge in [0.15, 0.2) is 0 Å². The molecule has 5 nitrogen and oxygen atoms in total. The zero-order valence-electron chi connectivity index (χ0n) is 16.3. The van der Waals surface area contributed by atoms with Gasteiger partial charge in [0.1, 0.15) is 0 Å². The first kappa shape index (κ1) is 19.8. The summed E-state index contributed by atoms with van der Waals surface area (Å²) < 4.78 is 5.54. The molecule has 1 saturated heterocycles. The summed E-state index contributed by atoms with van der Waals surface area (Å²) in [4.78, 5) is 18.6. The Morgan fingerprint density at radius 1 is 1.31 bits per heavy atom. The molecule has 6 heteroatoms. The Bertz CT molecular complexity index is 577. The van der Waals surface area contributed by atoms with E-state index in [2.05, 4.69) is 33.5 Å². The number of likely N-dealkylation sites (N-methyl/N-ethyl adjacent to an activating group) is 1. The van der Waals surface area contributed by atoms with E-state index in [0.29, 0.717) is 6.54 Å². The summed E-state index contributed by atoms with van der Waals surface area (Å²) >= 11 is 1.77. The standard InChI is InChI=1S/C20H33N3O2S/c1-17-6-13-26-18(17)14-22(2)15-19(24)21-16-20(7-4-3-5-8-20)23-9-11-25-12-10-23/h6,13H,3-5,7-12,14-16H2,1-2H3,(H,21,24). The minimum absolute atomic E-state index is 0.139. The number of carbonyl (C=O) groups is 1. The van der Waals surface area contributed by atoms with Crippen LogP contribution in [0.25, 0.3) is 0 Å². The van der Waals surface area contributed by atoms with Crippen molar-refractivity contribution in [3.63, 3.8) is 0 Å². The van der Waals surface area contributed by atoms with Gasteiger partial charge in [-0.2, -0.15) is 0 Å². The fourth-order valence-corrected chi connectivity index (χ4v) is 5.27. The molecular formula is C20H33N3O2S. The third-order valence-corrected chi connectivity index (χ3v) is 6.88. The number of morpholine rings is 1. The lowest BCUT2D eigenvalue weighted by Gasteiger charge is -2.48. The van der Waals surface area contributed by atoms with Crippen molar-refractivity contribution in [1.82, 2.24) is 15.1 Å². The number of aryl methyl sites for hydroxylation is 1. The molecule has 0 radical (unpaired) electrons. The summed E-state index contributed by atoms with van der Waals surface area (Å²) in [6.45, 7) is 7.83. The molecule has 0 bridgehead atoms. The van der Waals surface area contributed by atoms with Crippen LogP contribution in [0.5, 0.6) is 0 Å². The second-order valence-electron chi connectivity index (χ2n) is 7.86. The van der Waals surface area contributed by atoms with Crippen LogP contribution in [0.1, 0.15) is 42.5 Å². The van der Waals surface area contributed by atoms with Crippen LogP contribution in [0.2, 0.25) is 0 Å². The van der Waals surface area contributed by atoms with Gasteiger partial charge in [0, 0.05) is 36.6 Å². The molecule has 3 rings (SSSR count). The zero-order valence-corrected chi connectivity index (χ0v) is 17.1. The van der Waals surface area contributed by atoms with E-state index in [4.69, 9.17) is 4.74 Å². The first-order valence-corrected chi connectivity index (χ1v) is 10.8. The van der Waals surface area contributed by atoms with Gasteiger partial charge >= 0.3 is 0 Å². The molecule has 1 N–H and O–H groups in total. The number of ether oxygens (including phenoxy) is 1. The van der Waals surface area contributed by atoms with Crippen molar-refractivity contribution in [2.45, 2.75) is 51.1 Å². The molecular weight excluding hydrogens is 346 g/mol. The Kier molecular flexibility index (Phi) is 7.09. The lowest BCUT2D eigenvalue weighted by Crippen LogP contribution is -2.60. The lowest BCUT2D eigenvalue weighted by atomic mass is 9.79. The quantitative estimate of drug-likeness (QED) is 0.791. The van der Waals surface area contributed by atoms with Gasteiger partial charge in [-0.3, -0.25) is 14.6 Å². The monoisotopic (exact) mass is 379 g/mol. The molecule has 2 heterocycles. The van der Waals surface area contributed by atoms with Crippen molar-refractivity contribution in [3.8, 4) is 0 Å². The highest BCUT2D eigenvalue weighted by Crippen LogP contribution is 2.33. The van der Waals surface area contributed by atoms with E-state index in [0.717, 1.165) is 39.4 Å². The van der Waals surface area contributed by atoms with Gasteiger partial charge in [0.05, 0.1) is 19.8 Å². The van der Waals surface area contributed by atoms with Crippen LogP contribution >= 0.6 is 11.3 Å². The van der Waals surface area contributed by atoms with E-state index in [1.165, 1.54) is 42.5 Å². The molecule has 0 unspecified atom stereocenters. The van der Waals surface area contributed by atoms with Crippen molar-refractivity contribution in [1.29, 1.82) is 0 Å². The third-order valence-electron chi connectivity index (χ3n) is 5.88. The van der Waals surface area contributed by atoms with E-state index in [-0.39, 0.29) is 11.4 Å². The van der Waals surface area contributed by atoms with Gasteiger partial charge in [-0.1, -0.05) is 19.3 Å². The maximum Gasteiger partial charge on any atom is 0.234 e. The molecule has 2 fully saturated rings. The maximum absolute atomic E-state index is 12.5. The molecule has 1 aromatic heterocycles. The van der Waals surface area contributed by atoms with Crippen molar-refractivity contribution in [3.05, 3.63) is 21.9 Å². The summed E-state index contributed by atoms with van der Waals surface area (Å²) in [6.07, 6.45) is 6.24. The number of rotatable bonds is 7. The summed E-state index contributed by atoms with van der Waals surface area (Å²) in [5.74, 6) is 0.139. The predicted molar refractivity (Wildman–Crippen MR) is 107 cm³/mol. The maximum atomic E-state index is 12.5. The largest absolute Gasteiger partial charge is 0.379 e. The average molecular weight is 380 g/mol. The van der Waals surface area contributed by atoms with E-state index < -0.39 is 0 Å².